The van der Waals surface area contributed by atoms with Crippen LogP contribution >= 0.6 is 0 Å². The van der Waals surface area contributed by atoms with Gasteiger partial charge in [-0.25, -0.2) is 4.79 Å². The van der Waals surface area contributed by atoms with Crippen molar-refractivity contribution in [3.63, 3.8) is 0 Å². The summed E-state index contributed by atoms with van der Waals surface area (Å²) in [6, 6.07) is 24.2. The van der Waals surface area contributed by atoms with Gasteiger partial charge in [-0.3, -0.25) is 15.0 Å². The SMILES string of the molecule is CCOC(=O)N1c2ccccc2[C@]2(C(=O)OC(C)C)CC3(N[C@H]12)c1ccccc1-c1ccccc13. The van der Waals surface area contributed by atoms with E-state index < -0.39 is 23.2 Å². The Kier molecular flexibility index (Phi) is 4.80. The molecule has 6 heteroatoms. The van der Waals surface area contributed by atoms with Crippen LogP contribution in [0.4, 0.5) is 10.5 Å². The number of esters is 1. The fourth-order valence-electron chi connectivity index (χ4n) is 6.33. The number of rotatable bonds is 3. The van der Waals surface area contributed by atoms with Crippen molar-refractivity contribution in [1.29, 1.82) is 0 Å². The monoisotopic (exact) mass is 468 g/mol. The Hall–Kier alpha value is -3.64. The third-order valence-corrected chi connectivity index (χ3v) is 7.53. The molecule has 0 aromatic heterocycles. The number of nitrogens with one attached hydrogen (secondary N) is 1. The van der Waals surface area contributed by atoms with E-state index in [4.69, 9.17) is 9.47 Å². The quantitative estimate of drug-likeness (QED) is 0.542. The molecule has 3 aromatic carbocycles. The molecule has 178 valence electrons. The fraction of sp³-hybridized carbons (Fsp3) is 0.310. The van der Waals surface area contributed by atoms with Crippen LogP contribution in [0.25, 0.3) is 11.1 Å². The molecule has 1 spiro atoms. The van der Waals surface area contributed by atoms with Crippen molar-refractivity contribution in [2.24, 2.45) is 0 Å². The zero-order valence-electron chi connectivity index (χ0n) is 20.1. The molecule has 35 heavy (non-hydrogen) atoms. The second-order valence-electron chi connectivity index (χ2n) is 9.73. The molecule has 1 amide bonds. The topological polar surface area (TPSA) is 67.9 Å². The molecule has 1 fully saturated rings. The molecule has 3 aliphatic rings. The Balaban J connectivity index is 1.62. The van der Waals surface area contributed by atoms with Crippen LogP contribution in [0.3, 0.4) is 0 Å². The third-order valence-electron chi connectivity index (χ3n) is 7.53. The van der Waals surface area contributed by atoms with Gasteiger partial charge < -0.3 is 9.47 Å². The summed E-state index contributed by atoms with van der Waals surface area (Å²) in [6.45, 7) is 5.73. The average Bonchev–Trinajstić information content (AvgIpc) is 3.44. The lowest BCUT2D eigenvalue weighted by Gasteiger charge is -2.31. The molecule has 0 saturated carbocycles. The molecule has 0 unspecified atom stereocenters. The second kappa shape index (κ2) is 7.68. The molecule has 1 saturated heterocycles. The maximum absolute atomic E-state index is 14.1. The smallest absolute Gasteiger partial charge is 0.415 e. The van der Waals surface area contributed by atoms with Crippen molar-refractivity contribution in [3.05, 3.63) is 89.5 Å². The lowest BCUT2D eigenvalue weighted by atomic mass is 9.72. The summed E-state index contributed by atoms with van der Waals surface area (Å²) in [6.07, 6.45) is -1.00. The van der Waals surface area contributed by atoms with Gasteiger partial charge in [0.2, 0.25) is 0 Å². The normalized spacial score (nSPS) is 22.5. The van der Waals surface area contributed by atoms with Crippen LogP contribution in [0.5, 0.6) is 0 Å². The number of hydrogen-bond donors (Lipinski definition) is 1. The zero-order chi connectivity index (χ0) is 24.4. The lowest BCUT2D eigenvalue weighted by Crippen LogP contribution is -2.55. The first-order chi connectivity index (χ1) is 16.9. The first-order valence-corrected chi connectivity index (χ1v) is 12.2. The summed E-state index contributed by atoms with van der Waals surface area (Å²) in [4.78, 5) is 29.0. The average molecular weight is 469 g/mol. The van der Waals surface area contributed by atoms with Crippen LogP contribution in [-0.2, 0) is 25.2 Å². The van der Waals surface area contributed by atoms with Gasteiger partial charge in [0.15, 0.2) is 0 Å². The van der Waals surface area contributed by atoms with Gasteiger partial charge in [0, 0.05) is 0 Å². The summed E-state index contributed by atoms with van der Waals surface area (Å²) in [5.74, 6) is -0.331. The van der Waals surface area contributed by atoms with Gasteiger partial charge in [-0.05, 0) is 61.1 Å². The van der Waals surface area contributed by atoms with Crippen LogP contribution in [0, 0.1) is 0 Å². The molecule has 2 aliphatic heterocycles. The van der Waals surface area contributed by atoms with E-state index in [1.807, 2.05) is 62.4 Å². The molecule has 2 atom stereocenters. The number of nitrogens with zero attached hydrogens (tertiary/aromatic N) is 1. The van der Waals surface area contributed by atoms with E-state index in [1.165, 1.54) is 0 Å². The molecule has 3 aromatic rings. The molecule has 1 aliphatic carbocycles. The van der Waals surface area contributed by atoms with Crippen LogP contribution in [0.15, 0.2) is 72.8 Å². The summed E-state index contributed by atoms with van der Waals surface area (Å²) < 4.78 is 11.4. The highest BCUT2D eigenvalue weighted by Crippen LogP contribution is 2.62. The number of para-hydroxylation sites is 1. The Labute approximate surface area is 204 Å². The summed E-state index contributed by atoms with van der Waals surface area (Å²) in [5.41, 5.74) is 4.19. The number of ether oxygens (including phenoxy) is 2. The van der Waals surface area contributed by atoms with Crippen molar-refractivity contribution in [1.82, 2.24) is 5.32 Å². The minimum Gasteiger partial charge on any atom is -0.462 e. The van der Waals surface area contributed by atoms with E-state index in [2.05, 4.69) is 29.6 Å². The Morgan fingerprint density at radius 2 is 1.51 bits per heavy atom. The standard InChI is InChI=1S/C29H28N2O4/c1-4-34-27(33)31-24-16-10-9-15-23(24)28(26(32)35-18(2)3)17-29(30-25(28)31)21-13-7-5-11-19(21)20-12-6-8-14-22(20)29/h5-16,18,25,30H,4,17H2,1-3H3/t25-,28-/m1/s1. The van der Waals surface area contributed by atoms with Crippen molar-refractivity contribution >= 4 is 17.7 Å². The molecule has 1 N–H and O–H groups in total. The minimum atomic E-state index is -1.10. The van der Waals surface area contributed by atoms with Gasteiger partial charge in [0.25, 0.3) is 0 Å². The van der Waals surface area contributed by atoms with Crippen molar-refractivity contribution < 1.29 is 19.1 Å². The van der Waals surface area contributed by atoms with Gasteiger partial charge in [0.1, 0.15) is 11.6 Å². The number of carbonyl (C=O) groups excluding carboxylic acids is 2. The van der Waals surface area contributed by atoms with Crippen LogP contribution in [0.1, 0.15) is 43.9 Å². The highest BCUT2D eigenvalue weighted by Gasteiger charge is 2.69. The zero-order valence-corrected chi connectivity index (χ0v) is 20.1. The number of benzene rings is 3. The first kappa shape index (κ1) is 21.9. The highest BCUT2D eigenvalue weighted by atomic mass is 16.6. The van der Waals surface area contributed by atoms with Crippen LogP contribution in [-0.4, -0.2) is 30.9 Å². The number of carbonyl (C=O) groups is 2. The molecule has 6 rings (SSSR count). The predicted molar refractivity (Wildman–Crippen MR) is 133 cm³/mol. The largest absolute Gasteiger partial charge is 0.462 e. The maximum Gasteiger partial charge on any atom is 0.415 e. The Morgan fingerprint density at radius 3 is 2.11 bits per heavy atom. The van der Waals surface area contributed by atoms with Gasteiger partial charge in [-0.2, -0.15) is 0 Å². The molecule has 2 heterocycles. The molecule has 0 bridgehead atoms. The van der Waals surface area contributed by atoms with Gasteiger partial charge >= 0.3 is 12.1 Å². The molecular weight excluding hydrogens is 440 g/mol. The van der Waals surface area contributed by atoms with Crippen LogP contribution < -0.4 is 10.2 Å². The third kappa shape index (κ3) is 2.80. The van der Waals surface area contributed by atoms with Crippen molar-refractivity contribution in [2.75, 3.05) is 11.5 Å². The number of anilines is 1. The number of fused-ring (bicyclic) bond motifs is 8. The molecule has 0 radical (unpaired) electrons. The minimum absolute atomic E-state index is 0.241. The highest BCUT2D eigenvalue weighted by molar-refractivity contribution is 6.01. The van der Waals surface area contributed by atoms with Crippen molar-refractivity contribution in [3.8, 4) is 11.1 Å². The number of amides is 1. The lowest BCUT2D eigenvalue weighted by molar-refractivity contribution is -0.154. The van der Waals surface area contributed by atoms with Gasteiger partial charge in [0.05, 0.1) is 23.9 Å². The number of hydrogen-bond acceptors (Lipinski definition) is 5. The summed E-state index contributed by atoms with van der Waals surface area (Å²) in [7, 11) is 0. The van der Waals surface area contributed by atoms with E-state index in [9.17, 15) is 9.59 Å². The summed E-state index contributed by atoms with van der Waals surface area (Å²) >= 11 is 0. The summed E-state index contributed by atoms with van der Waals surface area (Å²) in [5, 5.41) is 3.80. The van der Waals surface area contributed by atoms with Gasteiger partial charge in [-0.1, -0.05) is 66.7 Å². The first-order valence-electron chi connectivity index (χ1n) is 12.2. The fourth-order valence-corrected chi connectivity index (χ4v) is 6.33. The molecular formula is C29H28N2O4. The van der Waals surface area contributed by atoms with E-state index in [0.717, 1.165) is 27.8 Å². The maximum atomic E-state index is 14.1. The van der Waals surface area contributed by atoms with E-state index in [0.29, 0.717) is 12.1 Å². The predicted octanol–water partition coefficient (Wildman–Crippen LogP) is 5.10. The molecule has 6 nitrogen and oxygen atoms in total. The van der Waals surface area contributed by atoms with E-state index in [1.54, 1.807) is 11.8 Å². The Bertz CT molecular complexity index is 1300. The van der Waals surface area contributed by atoms with E-state index in [-0.39, 0.29) is 18.7 Å². The van der Waals surface area contributed by atoms with Crippen molar-refractivity contribution in [2.45, 2.75) is 50.4 Å². The van der Waals surface area contributed by atoms with Crippen LogP contribution in [0.2, 0.25) is 0 Å². The Morgan fingerprint density at radius 1 is 0.943 bits per heavy atom. The van der Waals surface area contributed by atoms with E-state index >= 15 is 0 Å². The second-order valence-corrected chi connectivity index (χ2v) is 9.73. The van der Waals surface area contributed by atoms with Gasteiger partial charge in [-0.15, -0.1) is 0 Å².